The van der Waals surface area contributed by atoms with Crippen LogP contribution in [-0.4, -0.2) is 23.6 Å². The molecule has 3 heteroatoms. The van der Waals surface area contributed by atoms with Gasteiger partial charge in [-0.3, -0.25) is 0 Å². The summed E-state index contributed by atoms with van der Waals surface area (Å²) in [5.74, 6) is 2.17. The fourth-order valence-electron chi connectivity index (χ4n) is 2.38. The van der Waals surface area contributed by atoms with Crippen LogP contribution in [0.2, 0.25) is 0 Å². The molecule has 0 amide bonds. The molecule has 1 unspecified atom stereocenters. The van der Waals surface area contributed by atoms with E-state index in [1.807, 2.05) is 7.05 Å². The highest BCUT2D eigenvalue weighted by Gasteiger charge is 2.23. The number of hydrogen-bond acceptors (Lipinski definition) is 3. The molecule has 1 aromatic heterocycles. The van der Waals surface area contributed by atoms with Crippen LogP contribution in [0.1, 0.15) is 61.7 Å². The highest BCUT2D eigenvalue weighted by molar-refractivity contribution is 5.18. The van der Waals surface area contributed by atoms with E-state index in [1.165, 1.54) is 25.0 Å². The second-order valence-electron chi connectivity index (χ2n) is 5.08. The summed E-state index contributed by atoms with van der Waals surface area (Å²) in [6.07, 6.45) is 5.06. The molecular weight excluding hydrogens is 210 g/mol. The standard InChI is InChI=1S/C14H23N3/c1-4-11(9-15-3)14-16-10(2)8-13(17-14)12-6-5-7-12/h8,11-12,15H,4-7,9H2,1-3H3. The molecule has 1 fully saturated rings. The minimum absolute atomic E-state index is 0.443. The van der Waals surface area contributed by atoms with Crippen molar-refractivity contribution >= 4 is 0 Å². The van der Waals surface area contributed by atoms with Crippen LogP contribution in [0.5, 0.6) is 0 Å². The lowest BCUT2D eigenvalue weighted by Gasteiger charge is -2.26. The average Bonchev–Trinajstić information content (AvgIpc) is 2.22. The Hall–Kier alpha value is -0.960. The fraction of sp³-hybridized carbons (Fsp3) is 0.714. The van der Waals surface area contributed by atoms with Crippen molar-refractivity contribution in [2.24, 2.45) is 0 Å². The van der Waals surface area contributed by atoms with E-state index in [4.69, 9.17) is 4.98 Å². The van der Waals surface area contributed by atoms with Crippen molar-refractivity contribution in [2.45, 2.75) is 51.4 Å². The fourth-order valence-corrected chi connectivity index (χ4v) is 2.38. The maximum Gasteiger partial charge on any atom is 0.133 e. The van der Waals surface area contributed by atoms with Crippen molar-refractivity contribution in [1.29, 1.82) is 0 Å². The Labute approximate surface area is 104 Å². The summed E-state index contributed by atoms with van der Waals surface area (Å²) in [4.78, 5) is 9.41. The van der Waals surface area contributed by atoms with Gasteiger partial charge >= 0.3 is 0 Å². The van der Waals surface area contributed by atoms with E-state index in [0.29, 0.717) is 11.8 Å². The first-order valence-electron chi connectivity index (χ1n) is 6.74. The summed E-state index contributed by atoms with van der Waals surface area (Å²) >= 11 is 0. The molecule has 1 heterocycles. The summed E-state index contributed by atoms with van der Waals surface area (Å²) in [5.41, 5.74) is 2.39. The van der Waals surface area contributed by atoms with Gasteiger partial charge in [0.2, 0.25) is 0 Å². The molecule has 0 radical (unpaired) electrons. The van der Waals surface area contributed by atoms with E-state index >= 15 is 0 Å². The zero-order chi connectivity index (χ0) is 12.3. The predicted molar refractivity (Wildman–Crippen MR) is 70.3 cm³/mol. The van der Waals surface area contributed by atoms with Crippen LogP contribution in [0, 0.1) is 6.92 Å². The number of aromatic nitrogens is 2. The van der Waals surface area contributed by atoms with Gasteiger partial charge < -0.3 is 5.32 Å². The maximum atomic E-state index is 4.79. The molecule has 2 rings (SSSR count). The van der Waals surface area contributed by atoms with Crippen LogP contribution >= 0.6 is 0 Å². The Balaban J connectivity index is 2.23. The SMILES string of the molecule is CCC(CNC)c1nc(C)cc(C2CCC2)n1. The first-order valence-corrected chi connectivity index (χ1v) is 6.74. The molecule has 0 saturated heterocycles. The summed E-state index contributed by atoms with van der Waals surface area (Å²) in [7, 11) is 1.99. The lowest BCUT2D eigenvalue weighted by molar-refractivity contribution is 0.407. The van der Waals surface area contributed by atoms with Crippen LogP contribution in [-0.2, 0) is 0 Å². The van der Waals surface area contributed by atoms with Gasteiger partial charge in [0.1, 0.15) is 5.82 Å². The second-order valence-corrected chi connectivity index (χ2v) is 5.08. The van der Waals surface area contributed by atoms with E-state index in [2.05, 4.69) is 30.2 Å². The molecule has 0 aromatic carbocycles. The van der Waals surface area contributed by atoms with Crippen LogP contribution < -0.4 is 5.32 Å². The third-order valence-electron chi connectivity index (χ3n) is 3.72. The molecule has 0 bridgehead atoms. The molecule has 1 atom stereocenters. The predicted octanol–water partition coefficient (Wildman–Crippen LogP) is 2.77. The number of nitrogens with one attached hydrogen (secondary N) is 1. The van der Waals surface area contributed by atoms with Gasteiger partial charge in [0, 0.05) is 29.8 Å². The van der Waals surface area contributed by atoms with Gasteiger partial charge in [-0.2, -0.15) is 0 Å². The summed E-state index contributed by atoms with van der Waals surface area (Å²) in [6, 6.07) is 2.17. The third-order valence-corrected chi connectivity index (χ3v) is 3.72. The van der Waals surface area contributed by atoms with Gasteiger partial charge in [-0.05, 0) is 39.3 Å². The number of nitrogens with zero attached hydrogens (tertiary/aromatic N) is 2. The van der Waals surface area contributed by atoms with E-state index in [9.17, 15) is 0 Å². The van der Waals surface area contributed by atoms with Gasteiger partial charge in [0.05, 0.1) is 0 Å². The average molecular weight is 233 g/mol. The Bertz CT molecular complexity index is 372. The van der Waals surface area contributed by atoms with Gasteiger partial charge in [0.25, 0.3) is 0 Å². The van der Waals surface area contributed by atoms with Gasteiger partial charge in [-0.1, -0.05) is 13.3 Å². The largest absolute Gasteiger partial charge is 0.319 e. The number of likely N-dealkylation sites (N-methyl/N-ethyl adjacent to an activating group) is 1. The quantitative estimate of drug-likeness (QED) is 0.849. The molecule has 0 spiro atoms. The summed E-state index contributed by atoms with van der Waals surface area (Å²) in [6.45, 7) is 5.25. The molecule has 1 N–H and O–H groups in total. The zero-order valence-corrected chi connectivity index (χ0v) is 11.2. The smallest absolute Gasteiger partial charge is 0.133 e. The van der Waals surface area contributed by atoms with E-state index in [-0.39, 0.29) is 0 Å². The van der Waals surface area contributed by atoms with Gasteiger partial charge in [-0.15, -0.1) is 0 Å². The van der Waals surface area contributed by atoms with Crippen molar-refractivity contribution in [3.63, 3.8) is 0 Å². The van der Waals surface area contributed by atoms with Crippen LogP contribution in [0.4, 0.5) is 0 Å². The molecular formula is C14H23N3. The van der Waals surface area contributed by atoms with Crippen molar-refractivity contribution in [3.05, 3.63) is 23.3 Å². The number of aryl methyl sites for hydroxylation is 1. The maximum absolute atomic E-state index is 4.79. The van der Waals surface area contributed by atoms with Crippen LogP contribution in [0.3, 0.4) is 0 Å². The van der Waals surface area contributed by atoms with Crippen molar-refractivity contribution in [2.75, 3.05) is 13.6 Å². The third kappa shape index (κ3) is 2.83. The molecule has 94 valence electrons. The number of hydrogen-bond donors (Lipinski definition) is 1. The minimum Gasteiger partial charge on any atom is -0.319 e. The number of rotatable bonds is 5. The molecule has 17 heavy (non-hydrogen) atoms. The first kappa shape index (κ1) is 12.5. The second kappa shape index (κ2) is 5.58. The first-order chi connectivity index (χ1) is 8.24. The zero-order valence-electron chi connectivity index (χ0n) is 11.2. The minimum atomic E-state index is 0.443. The van der Waals surface area contributed by atoms with Crippen LogP contribution in [0.25, 0.3) is 0 Å². The monoisotopic (exact) mass is 233 g/mol. The molecule has 1 saturated carbocycles. The molecule has 1 aromatic rings. The Morgan fingerprint density at radius 3 is 2.71 bits per heavy atom. The van der Waals surface area contributed by atoms with E-state index < -0.39 is 0 Å². The van der Waals surface area contributed by atoms with Gasteiger partial charge in [-0.25, -0.2) is 9.97 Å². The topological polar surface area (TPSA) is 37.8 Å². The Morgan fingerprint density at radius 1 is 1.41 bits per heavy atom. The van der Waals surface area contributed by atoms with E-state index in [0.717, 1.165) is 24.5 Å². The molecule has 1 aliphatic carbocycles. The lowest BCUT2D eigenvalue weighted by atomic mass is 9.82. The van der Waals surface area contributed by atoms with Crippen molar-refractivity contribution < 1.29 is 0 Å². The highest BCUT2D eigenvalue weighted by Crippen LogP contribution is 2.35. The van der Waals surface area contributed by atoms with Crippen molar-refractivity contribution in [1.82, 2.24) is 15.3 Å². The normalized spacial score (nSPS) is 17.8. The Kier molecular flexibility index (Phi) is 4.11. The summed E-state index contributed by atoms with van der Waals surface area (Å²) in [5, 5.41) is 3.23. The van der Waals surface area contributed by atoms with E-state index in [1.54, 1.807) is 0 Å². The van der Waals surface area contributed by atoms with Crippen molar-refractivity contribution in [3.8, 4) is 0 Å². The Morgan fingerprint density at radius 2 is 2.18 bits per heavy atom. The molecule has 0 aliphatic heterocycles. The van der Waals surface area contributed by atoms with Gasteiger partial charge in [0.15, 0.2) is 0 Å². The van der Waals surface area contributed by atoms with Crippen LogP contribution in [0.15, 0.2) is 6.07 Å². The molecule has 1 aliphatic rings. The summed E-state index contributed by atoms with van der Waals surface area (Å²) < 4.78 is 0. The highest BCUT2D eigenvalue weighted by atomic mass is 14.9. The lowest BCUT2D eigenvalue weighted by Crippen LogP contribution is -2.21. The molecule has 3 nitrogen and oxygen atoms in total.